The molecule has 0 aromatic rings. The van der Waals surface area contributed by atoms with Gasteiger partial charge in [-0.3, -0.25) is 4.79 Å². The Balaban J connectivity index is 2.19. The minimum absolute atomic E-state index is 0.194. The minimum atomic E-state index is -1.02. The van der Waals surface area contributed by atoms with E-state index in [0.717, 1.165) is 0 Å². The molecule has 0 saturated carbocycles. The van der Waals surface area contributed by atoms with Crippen LogP contribution in [-0.4, -0.2) is 74.4 Å². The molecule has 0 aromatic carbocycles. The lowest BCUT2D eigenvalue weighted by atomic mass is 10.0. The van der Waals surface area contributed by atoms with Crippen LogP contribution in [0.15, 0.2) is 0 Å². The van der Waals surface area contributed by atoms with E-state index in [9.17, 15) is 25.2 Å². The van der Waals surface area contributed by atoms with Crippen molar-refractivity contribution in [2.75, 3.05) is 0 Å². The van der Waals surface area contributed by atoms with Crippen molar-refractivity contribution in [1.29, 1.82) is 0 Å². The molecule has 1 aliphatic heterocycles. The van der Waals surface area contributed by atoms with E-state index in [-0.39, 0.29) is 18.9 Å². The summed E-state index contributed by atoms with van der Waals surface area (Å²) in [6.07, 6.45) is -2.06. The fourth-order valence-electron chi connectivity index (χ4n) is 2.91. The van der Waals surface area contributed by atoms with Gasteiger partial charge in [-0.1, -0.05) is 12.8 Å². The van der Waals surface area contributed by atoms with E-state index >= 15 is 0 Å². The van der Waals surface area contributed by atoms with Crippen molar-refractivity contribution in [3.05, 3.63) is 0 Å². The normalized spacial score (nSPS) is 30.6. The second-order valence-electron chi connectivity index (χ2n) is 6.95. The molecule has 0 aromatic heterocycles. The van der Waals surface area contributed by atoms with Crippen molar-refractivity contribution in [2.45, 2.75) is 102 Å². The summed E-state index contributed by atoms with van der Waals surface area (Å²) in [5, 5.41) is 47.6. The summed E-state index contributed by atoms with van der Waals surface area (Å²) < 4.78 is 11.1. The maximum Gasteiger partial charge on any atom is 0.305 e. The molecule has 7 atom stereocenters. The number of unbranched alkanes of at least 4 members (excludes halogenated alkanes) is 1. The summed E-state index contributed by atoms with van der Waals surface area (Å²) in [5.74, 6) is -1.02. The SMILES string of the molecule is CC(C[C@H](O)CCCC[C@@H](O)CC(=O)O)O[C@@H]1OC(C)[C@H](O)CC1O. The molecule has 8 nitrogen and oxygen atoms in total. The predicted octanol–water partition coefficient (Wildman–Crippen LogP) is 0.395. The highest BCUT2D eigenvalue weighted by atomic mass is 16.7. The molecule has 1 heterocycles. The van der Waals surface area contributed by atoms with E-state index in [1.165, 1.54) is 0 Å². The zero-order valence-electron chi connectivity index (χ0n) is 15.0. The first-order chi connectivity index (χ1) is 11.7. The van der Waals surface area contributed by atoms with Crippen molar-refractivity contribution in [3.8, 4) is 0 Å². The van der Waals surface area contributed by atoms with Crippen LogP contribution in [0, 0.1) is 0 Å². The van der Waals surface area contributed by atoms with Gasteiger partial charge in [0.05, 0.1) is 36.9 Å². The van der Waals surface area contributed by atoms with Gasteiger partial charge in [0.2, 0.25) is 0 Å². The summed E-state index contributed by atoms with van der Waals surface area (Å²) in [7, 11) is 0. The molecule has 0 spiro atoms. The van der Waals surface area contributed by atoms with Gasteiger partial charge >= 0.3 is 5.97 Å². The smallest absolute Gasteiger partial charge is 0.305 e. The van der Waals surface area contributed by atoms with Gasteiger partial charge < -0.3 is 35.0 Å². The summed E-state index contributed by atoms with van der Waals surface area (Å²) in [5.41, 5.74) is 0. The molecule has 8 heteroatoms. The van der Waals surface area contributed by atoms with Crippen LogP contribution < -0.4 is 0 Å². The third-order valence-corrected chi connectivity index (χ3v) is 4.39. The van der Waals surface area contributed by atoms with E-state index < -0.39 is 42.8 Å². The number of hydrogen-bond donors (Lipinski definition) is 5. The highest BCUT2D eigenvalue weighted by Gasteiger charge is 2.35. The lowest BCUT2D eigenvalue weighted by Gasteiger charge is -2.36. The number of carbonyl (C=O) groups is 1. The Morgan fingerprint density at radius 3 is 2.36 bits per heavy atom. The van der Waals surface area contributed by atoms with Crippen LogP contribution in [0.3, 0.4) is 0 Å². The Labute approximate surface area is 148 Å². The van der Waals surface area contributed by atoms with E-state index in [1.807, 2.05) is 0 Å². The molecule has 1 fully saturated rings. The van der Waals surface area contributed by atoms with Gasteiger partial charge in [-0.05, 0) is 33.1 Å². The van der Waals surface area contributed by atoms with Crippen molar-refractivity contribution in [2.24, 2.45) is 0 Å². The van der Waals surface area contributed by atoms with Crippen molar-refractivity contribution < 1.29 is 39.8 Å². The third kappa shape index (κ3) is 8.94. The van der Waals surface area contributed by atoms with Crippen LogP contribution in [-0.2, 0) is 14.3 Å². The first-order valence-corrected chi connectivity index (χ1v) is 8.94. The lowest BCUT2D eigenvalue weighted by Crippen LogP contribution is -2.48. The van der Waals surface area contributed by atoms with E-state index in [4.69, 9.17) is 14.6 Å². The number of carboxylic acids is 1. The average molecular weight is 364 g/mol. The van der Waals surface area contributed by atoms with Gasteiger partial charge in [-0.25, -0.2) is 0 Å². The number of ether oxygens (including phenoxy) is 2. The minimum Gasteiger partial charge on any atom is -0.481 e. The molecule has 1 rings (SSSR count). The summed E-state index contributed by atoms with van der Waals surface area (Å²) in [4.78, 5) is 10.4. The number of rotatable bonds is 11. The number of carboxylic acid groups (broad SMARTS) is 1. The molecule has 148 valence electrons. The van der Waals surface area contributed by atoms with Crippen LogP contribution in [0.25, 0.3) is 0 Å². The van der Waals surface area contributed by atoms with Crippen LogP contribution >= 0.6 is 0 Å². The largest absolute Gasteiger partial charge is 0.481 e. The Hall–Kier alpha value is -0.770. The molecular weight excluding hydrogens is 332 g/mol. The molecule has 0 radical (unpaired) electrons. The number of aliphatic hydroxyl groups excluding tert-OH is 4. The number of aliphatic hydroxyl groups is 4. The second kappa shape index (κ2) is 11.1. The van der Waals surface area contributed by atoms with Crippen molar-refractivity contribution in [3.63, 3.8) is 0 Å². The molecule has 5 N–H and O–H groups in total. The van der Waals surface area contributed by atoms with Gasteiger partial charge in [0.1, 0.15) is 6.10 Å². The maximum atomic E-state index is 10.4. The molecule has 1 aliphatic rings. The topological polar surface area (TPSA) is 137 Å². The standard InChI is InChI=1S/C17H32O8/c1-10(24-17-15(21)9-14(20)11(2)25-17)7-12(18)5-3-4-6-13(19)8-16(22)23/h10-15,17-21H,3-9H2,1-2H3,(H,22,23)/t10?,11?,12-,13-,14-,15?,17-/m1/s1. The molecule has 3 unspecified atom stereocenters. The summed E-state index contributed by atoms with van der Waals surface area (Å²) in [6, 6.07) is 0. The first kappa shape index (κ1) is 22.3. The Kier molecular flexibility index (Phi) is 9.84. The Morgan fingerprint density at radius 2 is 1.76 bits per heavy atom. The number of aliphatic carboxylic acids is 1. The molecule has 0 amide bonds. The van der Waals surface area contributed by atoms with Crippen molar-refractivity contribution >= 4 is 5.97 Å². The molecule has 0 bridgehead atoms. The highest BCUT2D eigenvalue weighted by Crippen LogP contribution is 2.23. The van der Waals surface area contributed by atoms with E-state index in [2.05, 4.69) is 0 Å². The van der Waals surface area contributed by atoms with Crippen LogP contribution in [0.2, 0.25) is 0 Å². The molecule has 1 saturated heterocycles. The van der Waals surface area contributed by atoms with Crippen LogP contribution in [0.5, 0.6) is 0 Å². The van der Waals surface area contributed by atoms with Gasteiger partial charge in [-0.15, -0.1) is 0 Å². The maximum absolute atomic E-state index is 10.4. The summed E-state index contributed by atoms with van der Waals surface area (Å²) >= 11 is 0. The van der Waals surface area contributed by atoms with Crippen molar-refractivity contribution in [1.82, 2.24) is 0 Å². The highest BCUT2D eigenvalue weighted by molar-refractivity contribution is 5.67. The summed E-state index contributed by atoms with van der Waals surface area (Å²) in [6.45, 7) is 3.50. The average Bonchev–Trinajstić information content (AvgIpc) is 2.48. The molecule has 25 heavy (non-hydrogen) atoms. The zero-order chi connectivity index (χ0) is 19.0. The fourth-order valence-corrected chi connectivity index (χ4v) is 2.91. The Bertz CT molecular complexity index is 391. The van der Waals surface area contributed by atoms with Gasteiger partial charge in [0.15, 0.2) is 6.29 Å². The number of hydrogen-bond acceptors (Lipinski definition) is 7. The predicted molar refractivity (Wildman–Crippen MR) is 88.9 cm³/mol. The van der Waals surface area contributed by atoms with Gasteiger partial charge in [0, 0.05) is 6.42 Å². The Morgan fingerprint density at radius 1 is 1.16 bits per heavy atom. The van der Waals surface area contributed by atoms with E-state index in [0.29, 0.717) is 32.1 Å². The monoisotopic (exact) mass is 364 g/mol. The third-order valence-electron chi connectivity index (χ3n) is 4.39. The van der Waals surface area contributed by atoms with Crippen LogP contribution in [0.1, 0.15) is 58.8 Å². The molecular formula is C17H32O8. The van der Waals surface area contributed by atoms with Gasteiger partial charge in [-0.2, -0.15) is 0 Å². The second-order valence-corrected chi connectivity index (χ2v) is 6.95. The first-order valence-electron chi connectivity index (χ1n) is 8.94. The lowest BCUT2D eigenvalue weighted by molar-refractivity contribution is -0.275. The van der Waals surface area contributed by atoms with Gasteiger partial charge in [0.25, 0.3) is 0 Å². The fraction of sp³-hybridized carbons (Fsp3) is 0.941. The molecule has 0 aliphatic carbocycles. The quantitative estimate of drug-likeness (QED) is 0.332. The van der Waals surface area contributed by atoms with E-state index in [1.54, 1.807) is 13.8 Å². The van der Waals surface area contributed by atoms with Crippen LogP contribution in [0.4, 0.5) is 0 Å². The zero-order valence-corrected chi connectivity index (χ0v) is 15.0.